The highest BCUT2D eigenvalue weighted by Crippen LogP contribution is 2.34. The van der Waals surface area contributed by atoms with Crippen molar-refractivity contribution in [3.05, 3.63) is 40.1 Å². The van der Waals surface area contributed by atoms with Crippen LogP contribution in [0, 0.1) is 5.82 Å². The van der Waals surface area contributed by atoms with Gasteiger partial charge in [-0.1, -0.05) is 0 Å². The second-order valence-electron chi connectivity index (χ2n) is 3.11. The van der Waals surface area contributed by atoms with E-state index < -0.39 is 28.5 Å². The lowest BCUT2D eigenvalue weighted by Crippen LogP contribution is -2.13. The van der Waals surface area contributed by atoms with Gasteiger partial charge in [-0.25, -0.2) is 9.49 Å². The Morgan fingerprint density at radius 2 is 1.88 bits per heavy atom. The van der Waals surface area contributed by atoms with Crippen molar-refractivity contribution in [3.63, 3.8) is 0 Å². The highest BCUT2D eigenvalue weighted by molar-refractivity contribution is 5.84. The summed E-state index contributed by atoms with van der Waals surface area (Å²) in [5, 5.41) is 4.41. The summed E-state index contributed by atoms with van der Waals surface area (Å²) >= 11 is 0. The molecule has 0 atom stereocenters. The number of fused-ring (bicyclic) bond motifs is 1. The largest absolute Gasteiger partial charge is 0.417 e. The van der Waals surface area contributed by atoms with Crippen molar-refractivity contribution in [2.24, 2.45) is 0 Å². The molecule has 1 aromatic carbocycles. The first kappa shape index (κ1) is 10.6. The van der Waals surface area contributed by atoms with Crippen LogP contribution in [0.4, 0.5) is 17.6 Å². The number of H-pyrrole nitrogens is 1. The Morgan fingerprint density at radius 3 is 2.50 bits per heavy atom. The molecular weight excluding hydrogens is 228 g/mol. The maximum Gasteiger partial charge on any atom is 0.417 e. The van der Waals surface area contributed by atoms with E-state index in [0.29, 0.717) is 6.07 Å². The number of nitrogens with one attached hydrogen (secondary N) is 1. The van der Waals surface area contributed by atoms with Crippen LogP contribution in [0.25, 0.3) is 10.8 Å². The van der Waals surface area contributed by atoms with Crippen LogP contribution < -0.4 is 5.56 Å². The molecule has 1 N–H and O–H groups in total. The number of halogens is 4. The van der Waals surface area contributed by atoms with Crippen LogP contribution in [-0.2, 0) is 6.18 Å². The van der Waals surface area contributed by atoms with Gasteiger partial charge in [0.25, 0.3) is 5.56 Å². The Labute approximate surface area is 85.7 Å². The number of benzene rings is 1. The molecule has 16 heavy (non-hydrogen) atoms. The van der Waals surface area contributed by atoms with Crippen molar-refractivity contribution in [2.75, 3.05) is 0 Å². The summed E-state index contributed by atoms with van der Waals surface area (Å²) in [6.45, 7) is 0. The molecule has 2 rings (SSSR count). The van der Waals surface area contributed by atoms with Crippen molar-refractivity contribution >= 4 is 10.8 Å². The third kappa shape index (κ3) is 1.64. The van der Waals surface area contributed by atoms with Gasteiger partial charge in [0.05, 0.1) is 17.1 Å². The SMILES string of the molecule is O=c1[nH]ncc2c(C(F)(F)F)cc(F)cc12. The average molecular weight is 232 g/mol. The molecule has 0 bridgehead atoms. The molecule has 84 valence electrons. The molecular formula is C9H4F4N2O. The lowest BCUT2D eigenvalue weighted by atomic mass is 10.1. The zero-order valence-corrected chi connectivity index (χ0v) is 7.60. The van der Waals surface area contributed by atoms with Crippen LogP contribution in [-0.4, -0.2) is 10.2 Å². The molecule has 0 radical (unpaired) electrons. The predicted octanol–water partition coefficient (Wildman–Crippen LogP) is 2.08. The number of aromatic amines is 1. The highest BCUT2D eigenvalue weighted by atomic mass is 19.4. The van der Waals surface area contributed by atoms with E-state index in [1.807, 2.05) is 5.10 Å². The highest BCUT2D eigenvalue weighted by Gasteiger charge is 2.33. The quantitative estimate of drug-likeness (QED) is 0.707. The Morgan fingerprint density at radius 1 is 1.19 bits per heavy atom. The third-order valence-electron chi connectivity index (χ3n) is 2.05. The first-order valence-corrected chi connectivity index (χ1v) is 4.14. The summed E-state index contributed by atoms with van der Waals surface area (Å²) in [6.07, 6.45) is -3.88. The molecule has 0 spiro atoms. The fourth-order valence-corrected chi connectivity index (χ4v) is 1.40. The van der Waals surface area contributed by atoms with Crippen LogP contribution in [0.1, 0.15) is 5.56 Å². The van der Waals surface area contributed by atoms with Gasteiger partial charge in [0.1, 0.15) is 5.82 Å². The van der Waals surface area contributed by atoms with Crippen molar-refractivity contribution in [1.82, 2.24) is 10.2 Å². The van der Waals surface area contributed by atoms with Crippen molar-refractivity contribution < 1.29 is 17.6 Å². The molecule has 0 aliphatic rings. The molecule has 0 aliphatic carbocycles. The molecule has 7 heteroatoms. The number of alkyl halides is 3. The number of nitrogens with zero attached hydrogens (tertiary/aromatic N) is 1. The number of hydrogen-bond acceptors (Lipinski definition) is 2. The summed E-state index contributed by atoms with van der Waals surface area (Å²) in [5.41, 5.74) is -2.07. The van der Waals surface area contributed by atoms with Crippen molar-refractivity contribution in [1.29, 1.82) is 0 Å². The molecule has 0 aliphatic heterocycles. The first-order chi connectivity index (χ1) is 7.39. The first-order valence-electron chi connectivity index (χ1n) is 4.14. The molecule has 0 saturated heterocycles. The Bertz CT molecular complexity index is 602. The smallest absolute Gasteiger partial charge is 0.267 e. The summed E-state index contributed by atoms with van der Waals surface area (Å²) in [5.74, 6) is -1.11. The molecule has 0 fully saturated rings. The zero-order chi connectivity index (χ0) is 11.9. The molecule has 0 unspecified atom stereocenters. The van der Waals surface area contributed by atoms with E-state index in [1.54, 1.807) is 0 Å². The van der Waals surface area contributed by atoms with E-state index in [-0.39, 0.29) is 5.39 Å². The van der Waals surface area contributed by atoms with Crippen LogP contribution in [0.5, 0.6) is 0 Å². The average Bonchev–Trinajstić information content (AvgIpc) is 2.17. The van der Waals surface area contributed by atoms with E-state index in [2.05, 4.69) is 5.10 Å². The van der Waals surface area contributed by atoms with Crippen LogP contribution in [0.2, 0.25) is 0 Å². The Hall–Kier alpha value is -1.92. The van der Waals surface area contributed by atoms with Gasteiger partial charge >= 0.3 is 6.18 Å². The van der Waals surface area contributed by atoms with Crippen LogP contribution >= 0.6 is 0 Å². The minimum Gasteiger partial charge on any atom is -0.267 e. The summed E-state index contributed by atoms with van der Waals surface area (Å²) in [6, 6.07) is 1.08. The topological polar surface area (TPSA) is 45.8 Å². The third-order valence-corrected chi connectivity index (χ3v) is 2.05. The van der Waals surface area contributed by atoms with E-state index in [0.717, 1.165) is 12.3 Å². The van der Waals surface area contributed by atoms with Gasteiger partial charge in [0, 0.05) is 5.39 Å². The van der Waals surface area contributed by atoms with E-state index >= 15 is 0 Å². The van der Waals surface area contributed by atoms with Crippen LogP contribution in [0.3, 0.4) is 0 Å². The van der Waals surface area contributed by atoms with Gasteiger partial charge in [0.2, 0.25) is 0 Å². The summed E-state index contributed by atoms with van der Waals surface area (Å²) in [4.78, 5) is 11.2. The molecule has 0 amide bonds. The lowest BCUT2D eigenvalue weighted by Gasteiger charge is -2.09. The van der Waals surface area contributed by atoms with Gasteiger partial charge in [-0.3, -0.25) is 4.79 Å². The Kier molecular flexibility index (Phi) is 2.18. The van der Waals surface area contributed by atoms with E-state index in [4.69, 9.17) is 0 Å². The number of hydrogen-bond donors (Lipinski definition) is 1. The second-order valence-corrected chi connectivity index (χ2v) is 3.11. The normalized spacial score (nSPS) is 12.0. The summed E-state index contributed by atoms with van der Waals surface area (Å²) < 4.78 is 50.5. The fraction of sp³-hybridized carbons (Fsp3) is 0.111. The van der Waals surface area contributed by atoms with Crippen molar-refractivity contribution in [2.45, 2.75) is 6.18 Å². The standard InChI is InChI=1S/C9H4F4N2O/c10-4-1-5-6(3-14-15-8(5)16)7(2-4)9(11,12)13/h1-3H,(H,15,16). The van der Waals surface area contributed by atoms with Gasteiger partial charge in [-0.2, -0.15) is 18.3 Å². The lowest BCUT2D eigenvalue weighted by molar-refractivity contribution is -0.136. The van der Waals surface area contributed by atoms with Gasteiger partial charge in [-0.15, -0.1) is 0 Å². The molecule has 1 aromatic heterocycles. The monoisotopic (exact) mass is 232 g/mol. The van der Waals surface area contributed by atoms with Crippen LogP contribution in [0.15, 0.2) is 23.1 Å². The van der Waals surface area contributed by atoms with Gasteiger partial charge < -0.3 is 0 Å². The Balaban J connectivity index is 2.95. The van der Waals surface area contributed by atoms with Gasteiger partial charge in [0.15, 0.2) is 0 Å². The maximum absolute atomic E-state index is 12.9. The van der Waals surface area contributed by atoms with E-state index in [1.165, 1.54) is 0 Å². The molecule has 2 aromatic rings. The number of aromatic nitrogens is 2. The second kappa shape index (κ2) is 3.29. The van der Waals surface area contributed by atoms with E-state index in [9.17, 15) is 22.4 Å². The van der Waals surface area contributed by atoms with Crippen molar-refractivity contribution in [3.8, 4) is 0 Å². The minimum atomic E-state index is -4.73. The van der Waals surface area contributed by atoms with Gasteiger partial charge in [-0.05, 0) is 12.1 Å². The number of rotatable bonds is 0. The zero-order valence-electron chi connectivity index (χ0n) is 7.60. The predicted molar refractivity (Wildman–Crippen MR) is 47.3 cm³/mol. The summed E-state index contributed by atoms with van der Waals surface area (Å²) in [7, 11) is 0. The molecule has 3 nitrogen and oxygen atoms in total. The fourth-order valence-electron chi connectivity index (χ4n) is 1.40. The maximum atomic E-state index is 12.9. The molecule has 0 saturated carbocycles. The minimum absolute atomic E-state index is 0.337. The molecule has 1 heterocycles.